The summed E-state index contributed by atoms with van der Waals surface area (Å²) in [4.78, 5) is 13.9. The van der Waals surface area contributed by atoms with Gasteiger partial charge in [0.15, 0.2) is 0 Å². The van der Waals surface area contributed by atoms with Crippen LogP contribution in [-0.2, 0) is 24.0 Å². The van der Waals surface area contributed by atoms with Gasteiger partial charge in [0.05, 0.1) is 11.3 Å². The Hall–Kier alpha value is -2.27. The van der Waals surface area contributed by atoms with E-state index in [0.29, 0.717) is 35.4 Å². The number of thiazole rings is 1. The van der Waals surface area contributed by atoms with Crippen LogP contribution in [0.2, 0.25) is 0 Å². The summed E-state index contributed by atoms with van der Waals surface area (Å²) in [6.45, 7) is 2.75. The first-order valence-corrected chi connectivity index (χ1v) is 11.0. The van der Waals surface area contributed by atoms with Crippen molar-refractivity contribution in [2.24, 2.45) is 0 Å². The number of hydrogen-bond donors (Lipinski definition) is 6. The number of aromatic nitrogens is 1. The lowest BCUT2D eigenvalue weighted by atomic mass is 10.1. The summed E-state index contributed by atoms with van der Waals surface area (Å²) in [5.41, 5.74) is 3.21. The molecule has 0 atom stereocenters. The third kappa shape index (κ3) is 6.86. The van der Waals surface area contributed by atoms with Crippen LogP contribution in [0, 0.1) is 0 Å². The molecule has 0 spiro atoms. The van der Waals surface area contributed by atoms with Crippen molar-refractivity contribution in [3.8, 4) is 5.75 Å². The van der Waals surface area contributed by atoms with Crippen molar-refractivity contribution in [3.05, 3.63) is 62.8 Å². The van der Waals surface area contributed by atoms with Crippen LogP contribution in [-0.4, -0.2) is 59.6 Å². The van der Waals surface area contributed by atoms with Gasteiger partial charge in [-0.05, 0) is 42.1 Å². The summed E-state index contributed by atoms with van der Waals surface area (Å²) in [6, 6.07) is 11.2. The Morgan fingerprint density at radius 3 is 2.58 bits per heavy atom. The number of phenolic OH excluding ortho intramolecular Hbond substituents is 1. The molecule has 2 aromatic carbocycles. The van der Waals surface area contributed by atoms with Gasteiger partial charge in [0.1, 0.15) is 11.3 Å². The van der Waals surface area contributed by atoms with Gasteiger partial charge in [-0.3, -0.25) is 10.1 Å². The zero-order chi connectivity index (χ0) is 22.3. The third-order valence-electron chi connectivity index (χ3n) is 4.96. The Kier molecular flexibility index (Phi) is 8.19. The number of fused-ring (bicyclic) bond motifs is 1. The number of nitrogens with one attached hydrogen (secondary N) is 3. The first-order chi connectivity index (χ1) is 14.9. The molecule has 0 bridgehead atoms. The summed E-state index contributed by atoms with van der Waals surface area (Å²) in [5, 5.41) is 36.8. The van der Waals surface area contributed by atoms with Crippen LogP contribution in [0.3, 0.4) is 0 Å². The number of aromatic hydroxyl groups is 1. The molecule has 3 rings (SSSR count). The molecule has 3 aromatic rings. The number of phenols is 1. The van der Waals surface area contributed by atoms with Crippen LogP contribution in [0.25, 0.3) is 10.2 Å². The van der Waals surface area contributed by atoms with E-state index < -0.39 is 5.91 Å². The van der Waals surface area contributed by atoms with E-state index in [9.17, 15) is 20.1 Å². The number of H-pyrrole nitrogens is 1. The van der Waals surface area contributed by atoms with E-state index in [0.717, 1.165) is 36.4 Å². The second-order valence-electron chi connectivity index (χ2n) is 7.45. The summed E-state index contributed by atoms with van der Waals surface area (Å²) >= 11 is 0.933. The molecular weight excluding hydrogens is 418 g/mol. The van der Waals surface area contributed by atoms with Crippen molar-refractivity contribution in [1.82, 2.24) is 15.6 Å². The molecule has 0 aliphatic rings. The highest BCUT2D eigenvalue weighted by Crippen LogP contribution is 2.29. The van der Waals surface area contributed by atoms with E-state index in [2.05, 4.69) is 27.8 Å². The Balaban J connectivity index is 1.53. The average molecular weight is 448 g/mol. The van der Waals surface area contributed by atoms with Gasteiger partial charge in [0, 0.05) is 26.6 Å². The van der Waals surface area contributed by atoms with Gasteiger partial charge in [-0.1, -0.05) is 41.7 Å². The highest BCUT2D eigenvalue weighted by molar-refractivity contribution is 7.16. The number of methoxy groups -OCH3 is 1. The van der Waals surface area contributed by atoms with Crippen LogP contribution < -0.4 is 15.5 Å². The zero-order valence-electron chi connectivity index (χ0n) is 17.5. The molecule has 0 aliphatic carbocycles. The van der Waals surface area contributed by atoms with Crippen molar-refractivity contribution < 1.29 is 20.1 Å². The number of rotatable bonds is 12. The van der Waals surface area contributed by atoms with Gasteiger partial charge >= 0.3 is 4.87 Å². The lowest BCUT2D eigenvalue weighted by molar-refractivity contribution is -0.183. The first kappa shape index (κ1) is 23.4. The lowest BCUT2D eigenvalue weighted by Gasteiger charge is -2.23. The second-order valence-corrected chi connectivity index (χ2v) is 8.43. The molecule has 6 N–H and O–H groups in total. The molecule has 1 heterocycles. The predicted octanol–water partition coefficient (Wildman–Crippen LogP) is 1.09. The monoisotopic (exact) mass is 447 g/mol. The van der Waals surface area contributed by atoms with Gasteiger partial charge in [0.25, 0.3) is 0 Å². The highest BCUT2D eigenvalue weighted by atomic mass is 32.1. The van der Waals surface area contributed by atoms with Gasteiger partial charge in [-0.15, -0.1) is 0 Å². The Morgan fingerprint density at radius 1 is 1.10 bits per heavy atom. The number of aliphatic hydroxyl groups is 2. The minimum Gasteiger partial charge on any atom is -0.506 e. The Bertz CT molecular complexity index is 1050. The number of ether oxygens (including phenoxy) is 1. The standard InChI is InChI=1S/C22H29N3O5S/c1-30-12-11-23-9-7-15-3-2-4-16(13-15)8-10-24-22(28,29)14-17-5-6-18(26)19-20(17)31-21(27)25-19/h2-6,13,23-24,26,28-29H,7-12,14H2,1H3,(H,25,27). The van der Waals surface area contributed by atoms with Crippen molar-refractivity contribution >= 4 is 21.6 Å². The summed E-state index contributed by atoms with van der Waals surface area (Å²) in [6.07, 6.45) is 1.42. The fourth-order valence-electron chi connectivity index (χ4n) is 3.42. The summed E-state index contributed by atoms with van der Waals surface area (Å²) in [5.74, 6) is -2.18. The van der Waals surface area contributed by atoms with Crippen molar-refractivity contribution in [2.45, 2.75) is 25.2 Å². The van der Waals surface area contributed by atoms with E-state index in [1.165, 1.54) is 11.6 Å². The minimum atomic E-state index is -2.14. The molecule has 168 valence electrons. The van der Waals surface area contributed by atoms with Gasteiger partial charge in [-0.25, -0.2) is 0 Å². The van der Waals surface area contributed by atoms with E-state index in [4.69, 9.17) is 4.74 Å². The molecule has 0 saturated heterocycles. The molecule has 0 unspecified atom stereocenters. The largest absolute Gasteiger partial charge is 0.506 e. The van der Waals surface area contributed by atoms with Gasteiger partial charge in [0.2, 0.25) is 5.91 Å². The van der Waals surface area contributed by atoms with Crippen LogP contribution in [0.1, 0.15) is 16.7 Å². The smallest absolute Gasteiger partial charge is 0.305 e. The van der Waals surface area contributed by atoms with Crippen molar-refractivity contribution in [1.29, 1.82) is 0 Å². The average Bonchev–Trinajstić information content (AvgIpc) is 3.13. The fourth-order valence-corrected chi connectivity index (χ4v) is 4.29. The summed E-state index contributed by atoms with van der Waals surface area (Å²) in [7, 11) is 1.68. The molecule has 0 fully saturated rings. The number of aromatic amines is 1. The molecule has 31 heavy (non-hydrogen) atoms. The van der Waals surface area contributed by atoms with Gasteiger partial charge in [-0.2, -0.15) is 0 Å². The predicted molar refractivity (Wildman–Crippen MR) is 122 cm³/mol. The Morgan fingerprint density at radius 2 is 1.84 bits per heavy atom. The SMILES string of the molecule is COCCNCCc1cccc(CCNC(O)(O)Cc2ccc(O)c3[nH]c(=O)sc23)c1. The molecule has 8 nitrogen and oxygen atoms in total. The second kappa shape index (κ2) is 10.9. The van der Waals surface area contributed by atoms with Crippen LogP contribution in [0.15, 0.2) is 41.2 Å². The Labute approximate surface area is 184 Å². The summed E-state index contributed by atoms with van der Waals surface area (Å²) < 4.78 is 5.53. The maximum Gasteiger partial charge on any atom is 0.305 e. The third-order valence-corrected chi connectivity index (χ3v) is 5.92. The van der Waals surface area contributed by atoms with Crippen LogP contribution in [0.5, 0.6) is 5.75 Å². The van der Waals surface area contributed by atoms with Gasteiger partial charge < -0.3 is 30.4 Å². The zero-order valence-corrected chi connectivity index (χ0v) is 18.3. The molecule has 0 amide bonds. The quantitative estimate of drug-likeness (QED) is 0.181. The number of hydrogen-bond acceptors (Lipinski definition) is 8. The molecule has 9 heteroatoms. The molecular formula is C22H29N3O5S. The van der Waals surface area contributed by atoms with Crippen molar-refractivity contribution in [2.75, 3.05) is 33.4 Å². The number of benzene rings is 2. The molecule has 1 aromatic heterocycles. The van der Waals surface area contributed by atoms with Crippen LogP contribution in [0.4, 0.5) is 0 Å². The topological polar surface area (TPSA) is 127 Å². The maximum absolute atomic E-state index is 11.6. The van der Waals surface area contributed by atoms with E-state index in [-0.39, 0.29) is 17.0 Å². The highest BCUT2D eigenvalue weighted by Gasteiger charge is 2.25. The first-order valence-electron chi connectivity index (χ1n) is 10.2. The molecule has 0 radical (unpaired) electrons. The fraction of sp³-hybridized carbons (Fsp3) is 0.409. The van der Waals surface area contributed by atoms with E-state index in [1.54, 1.807) is 13.2 Å². The molecule has 0 saturated carbocycles. The minimum absolute atomic E-state index is 0.0414. The van der Waals surface area contributed by atoms with Crippen LogP contribution >= 0.6 is 11.3 Å². The van der Waals surface area contributed by atoms with Crippen molar-refractivity contribution in [3.63, 3.8) is 0 Å². The normalized spacial score (nSPS) is 12.0. The van der Waals surface area contributed by atoms with E-state index >= 15 is 0 Å². The molecule has 0 aliphatic heterocycles. The maximum atomic E-state index is 11.6. The van der Waals surface area contributed by atoms with E-state index in [1.807, 2.05) is 12.1 Å². The lowest BCUT2D eigenvalue weighted by Crippen LogP contribution is -2.47.